The second-order valence-electron chi connectivity index (χ2n) is 3.05. The van der Waals surface area contributed by atoms with Crippen LogP contribution in [0.15, 0.2) is 18.3 Å². The molecule has 0 fully saturated rings. The summed E-state index contributed by atoms with van der Waals surface area (Å²) in [5, 5.41) is 8.07. The average molecular weight is 192 g/mol. The van der Waals surface area contributed by atoms with E-state index in [9.17, 15) is 0 Å². The SMILES string of the molecule is COCCc1nnc2ccc(N)cn12. The summed E-state index contributed by atoms with van der Waals surface area (Å²) in [7, 11) is 1.66. The zero-order chi connectivity index (χ0) is 9.97. The van der Waals surface area contributed by atoms with Gasteiger partial charge in [0.25, 0.3) is 0 Å². The number of rotatable bonds is 3. The summed E-state index contributed by atoms with van der Waals surface area (Å²) in [6, 6.07) is 3.66. The molecule has 2 rings (SSSR count). The zero-order valence-electron chi connectivity index (χ0n) is 7.97. The molecular weight excluding hydrogens is 180 g/mol. The summed E-state index contributed by atoms with van der Waals surface area (Å²) in [6.07, 6.45) is 2.56. The van der Waals surface area contributed by atoms with Crippen LogP contribution in [0.4, 0.5) is 5.69 Å². The van der Waals surface area contributed by atoms with E-state index in [-0.39, 0.29) is 0 Å². The first kappa shape index (κ1) is 8.96. The maximum atomic E-state index is 5.67. The Kier molecular flexibility index (Phi) is 2.32. The Labute approximate surface area is 81.5 Å². The molecule has 0 aliphatic carbocycles. The van der Waals surface area contributed by atoms with E-state index in [2.05, 4.69) is 10.2 Å². The van der Waals surface area contributed by atoms with Crippen molar-refractivity contribution >= 4 is 11.3 Å². The van der Waals surface area contributed by atoms with Crippen molar-refractivity contribution in [3.63, 3.8) is 0 Å². The topological polar surface area (TPSA) is 65.4 Å². The molecule has 0 bridgehead atoms. The molecule has 2 aromatic rings. The van der Waals surface area contributed by atoms with Crippen LogP contribution < -0.4 is 5.73 Å². The van der Waals surface area contributed by atoms with Gasteiger partial charge in [0.1, 0.15) is 5.82 Å². The van der Waals surface area contributed by atoms with Crippen LogP contribution in [0.5, 0.6) is 0 Å². The van der Waals surface area contributed by atoms with Crippen LogP contribution >= 0.6 is 0 Å². The number of pyridine rings is 1. The Balaban J connectivity index is 2.40. The van der Waals surface area contributed by atoms with E-state index in [1.807, 2.05) is 22.7 Å². The molecular formula is C9H12N4O. The lowest BCUT2D eigenvalue weighted by molar-refractivity contribution is 0.200. The van der Waals surface area contributed by atoms with Crippen molar-refractivity contribution in [2.45, 2.75) is 6.42 Å². The third-order valence-corrected chi connectivity index (χ3v) is 2.03. The van der Waals surface area contributed by atoms with Crippen LogP contribution in [0.25, 0.3) is 5.65 Å². The highest BCUT2D eigenvalue weighted by molar-refractivity contribution is 5.47. The molecule has 2 N–H and O–H groups in total. The Hall–Kier alpha value is -1.62. The zero-order valence-corrected chi connectivity index (χ0v) is 7.97. The van der Waals surface area contributed by atoms with Gasteiger partial charge >= 0.3 is 0 Å². The third kappa shape index (κ3) is 1.54. The lowest BCUT2D eigenvalue weighted by Gasteiger charge is -1.99. The highest BCUT2D eigenvalue weighted by Crippen LogP contribution is 2.08. The predicted octanol–water partition coefficient (Wildman–Crippen LogP) is 0.500. The van der Waals surface area contributed by atoms with E-state index in [1.54, 1.807) is 7.11 Å². The quantitative estimate of drug-likeness (QED) is 0.769. The fourth-order valence-corrected chi connectivity index (χ4v) is 1.32. The van der Waals surface area contributed by atoms with Gasteiger partial charge in [-0.2, -0.15) is 0 Å². The van der Waals surface area contributed by atoms with Crippen molar-refractivity contribution in [2.75, 3.05) is 19.5 Å². The van der Waals surface area contributed by atoms with E-state index in [0.717, 1.165) is 17.9 Å². The standard InChI is InChI=1S/C9H12N4O/c1-14-5-4-9-12-11-8-3-2-7(10)6-13(8)9/h2-3,6H,4-5,10H2,1H3. The van der Waals surface area contributed by atoms with Gasteiger partial charge in [-0.15, -0.1) is 10.2 Å². The van der Waals surface area contributed by atoms with Crippen LogP contribution in [0, 0.1) is 0 Å². The highest BCUT2D eigenvalue weighted by Gasteiger charge is 2.04. The number of nitrogen functional groups attached to an aromatic ring is 1. The van der Waals surface area contributed by atoms with Gasteiger partial charge in [-0.25, -0.2) is 0 Å². The molecule has 0 unspecified atom stereocenters. The fourth-order valence-electron chi connectivity index (χ4n) is 1.32. The number of ether oxygens (including phenoxy) is 1. The summed E-state index contributed by atoms with van der Waals surface area (Å²) in [5.74, 6) is 0.870. The average Bonchev–Trinajstić information content (AvgIpc) is 2.57. The molecule has 0 atom stereocenters. The van der Waals surface area contributed by atoms with Gasteiger partial charge in [-0.3, -0.25) is 4.40 Å². The summed E-state index contributed by atoms with van der Waals surface area (Å²) in [4.78, 5) is 0. The molecule has 2 aromatic heterocycles. The van der Waals surface area contributed by atoms with Crippen molar-refractivity contribution in [3.05, 3.63) is 24.2 Å². The lowest BCUT2D eigenvalue weighted by Crippen LogP contribution is -2.01. The van der Waals surface area contributed by atoms with Crippen molar-refractivity contribution < 1.29 is 4.74 Å². The monoisotopic (exact) mass is 192 g/mol. The van der Waals surface area contributed by atoms with Crippen LogP contribution in [-0.2, 0) is 11.2 Å². The van der Waals surface area contributed by atoms with Crippen LogP contribution in [0.1, 0.15) is 5.82 Å². The molecule has 5 heteroatoms. The van der Waals surface area contributed by atoms with Gasteiger partial charge < -0.3 is 10.5 Å². The summed E-state index contributed by atoms with van der Waals surface area (Å²) >= 11 is 0. The molecule has 0 aliphatic heterocycles. The molecule has 14 heavy (non-hydrogen) atoms. The van der Waals surface area contributed by atoms with Crippen molar-refractivity contribution in [2.24, 2.45) is 0 Å². The molecule has 0 saturated heterocycles. The largest absolute Gasteiger partial charge is 0.398 e. The number of methoxy groups -OCH3 is 1. The minimum atomic E-state index is 0.635. The second kappa shape index (κ2) is 3.63. The molecule has 2 heterocycles. The number of hydrogen-bond donors (Lipinski definition) is 1. The number of hydrogen-bond acceptors (Lipinski definition) is 4. The lowest BCUT2D eigenvalue weighted by atomic mass is 10.4. The highest BCUT2D eigenvalue weighted by atomic mass is 16.5. The van der Waals surface area contributed by atoms with Gasteiger partial charge in [-0.1, -0.05) is 0 Å². The third-order valence-electron chi connectivity index (χ3n) is 2.03. The van der Waals surface area contributed by atoms with E-state index in [4.69, 9.17) is 10.5 Å². The van der Waals surface area contributed by atoms with Crippen LogP contribution in [-0.4, -0.2) is 28.3 Å². The minimum Gasteiger partial charge on any atom is -0.398 e. The number of anilines is 1. The molecule has 0 radical (unpaired) electrons. The first-order chi connectivity index (χ1) is 6.81. The molecule has 0 saturated carbocycles. The Bertz CT molecular complexity index is 437. The molecule has 0 spiro atoms. The number of aromatic nitrogens is 3. The Morgan fingerprint density at radius 2 is 2.29 bits per heavy atom. The van der Waals surface area contributed by atoms with Crippen LogP contribution in [0.2, 0.25) is 0 Å². The number of fused-ring (bicyclic) bond motifs is 1. The molecule has 5 nitrogen and oxygen atoms in total. The van der Waals surface area contributed by atoms with Crippen molar-refractivity contribution in [3.8, 4) is 0 Å². The van der Waals surface area contributed by atoms with Crippen LogP contribution in [0.3, 0.4) is 0 Å². The number of nitrogens with zero attached hydrogens (tertiary/aromatic N) is 3. The summed E-state index contributed by atoms with van der Waals surface area (Å²) < 4.78 is 6.87. The molecule has 74 valence electrons. The summed E-state index contributed by atoms with van der Waals surface area (Å²) in [5.41, 5.74) is 7.19. The normalized spacial score (nSPS) is 10.9. The van der Waals surface area contributed by atoms with Crippen molar-refractivity contribution in [1.29, 1.82) is 0 Å². The van der Waals surface area contributed by atoms with Gasteiger partial charge in [0.15, 0.2) is 5.65 Å². The predicted molar refractivity (Wildman–Crippen MR) is 53.0 cm³/mol. The van der Waals surface area contributed by atoms with E-state index in [1.165, 1.54) is 0 Å². The number of nitrogens with two attached hydrogens (primary N) is 1. The van der Waals surface area contributed by atoms with Gasteiger partial charge in [0, 0.05) is 25.4 Å². The van der Waals surface area contributed by atoms with Gasteiger partial charge in [0.05, 0.1) is 6.61 Å². The maximum absolute atomic E-state index is 5.67. The summed E-state index contributed by atoms with van der Waals surface area (Å²) in [6.45, 7) is 0.635. The van der Waals surface area contributed by atoms with E-state index >= 15 is 0 Å². The Morgan fingerprint density at radius 3 is 3.07 bits per heavy atom. The maximum Gasteiger partial charge on any atom is 0.160 e. The van der Waals surface area contributed by atoms with E-state index in [0.29, 0.717) is 12.3 Å². The molecule has 0 amide bonds. The fraction of sp³-hybridized carbons (Fsp3) is 0.333. The minimum absolute atomic E-state index is 0.635. The van der Waals surface area contributed by atoms with Gasteiger partial charge in [-0.05, 0) is 12.1 Å². The van der Waals surface area contributed by atoms with Crippen molar-refractivity contribution in [1.82, 2.24) is 14.6 Å². The smallest absolute Gasteiger partial charge is 0.160 e. The molecule has 0 aliphatic rings. The first-order valence-corrected chi connectivity index (χ1v) is 4.39. The van der Waals surface area contributed by atoms with E-state index < -0.39 is 0 Å². The molecule has 0 aromatic carbocycles. The van der Waals surface area contributed by atoms with Gasteiger partial charge in [0.2, 0.25) is 0 Å². The Morgan fingerprint density at radius 1 is 1.43 bits per heavy atom. The first-order valence-electron chi connectivity index (χ1n) is 4.39. The second-order valence-corrected chi connectivity index (χ2v) is 3.05.